The lowest BCUT2D eigenvalue weighted by Gasteiger charge is -2.33. The molecule has 1 aromatic heterocycles. The van der Waals surface area contributed by atoms with Crippen LogP contribution in [0.25, 0.3) is 11.3 Å². The summed E-state index contributed by atoms with van der Waals surface area (Å²) < 4.78 is 11.0. The fourth-order valence-corrected chi connectivity index (χ4v) is 4.08. The monoisotopic (exact) mass is 382 g/mol. The van der Waals surface area contributed by atoms with Crippen molar-refractivity contribution in [2.24, 2.45) is 5.92 Å². The predicted octanol–water partition coefficient (Wildman–Crippen LogP) is 3.43. The van der Waals surface area contributed by atoms with Crippen molar-refractivity contribution in [2.45, 2.75) is 25.7 Å². The van der Waals surface area contributed by atoms with Crippen LogP contribution in [0.4, 0.5) is 0 Å². The van der Waals surface area contributed by atoms with Gasteiger partial charge in [0.2, 0.25) is 5.91 Å². The van der Waals surface area contributed by atoms with Crippen molar-refractivity contribution >= 4 is 11.8 Å². The second-order valence-corrected chi connectivity index (χ2v) is 7.52. The highest BCUT2D eigenvalue weighted by atomic mass is 16.5. The molecule has 6 heteroatoms. The number of rotatable bonds is 4. The van der Waals surface area contributed by atoms with E-state index in [0.29, 0.717) is 24.6 Å². The van der Waals surface area contributed by atoms with Crippen molar-refractivity contribution in [1.82, 2.24) is 9.80 Å². The first-order valence-corrected chi connectivity index (χ1v) is 9.98. The highest BCUT2D eigenvalue weighted by Crippen LogP contribution is 2.27. The van der Waals surface area contributed by atoms with Crippen LogP contribution in [0.15, 0.2) is 40.8 Å². The molecule has 6 nitrogen and oxygen atoms in total. The number of methoxy groups -OCH3 is 1. The molecule has 0 saturated carbocycles. The van der Waals surface area contributed by atoms with E-state index >= 15 is 0 Å². The summed E-state index contributed by atoms with van der Waals surface area (Å²) in [6, 6.07) is 11.0. The molecule has 0 aliphatic carbocycles. The normalized spacial score (nSPS) is 19.7. The summed E-state index contributed by atoms with van der Waals surface area (Å²) in [5.41, 5.74) is 0.889. The largest absolute Gasteiger partial charge is 0.497 e. The number of ether oxygens (including phenoxy) is 1. The van der Waals surface area contributed by atoms with Crippen LogP contribution in [0.1, 0.15) is 36.2 Å². The molecule has 2 saturated heterocycles. The highest BCUT2D eigenvalue weighted by molar-refractivity contribution is 5.92. The number of furan rings is 1. The molecule has 1 aromatic carbocycles. The molecular formula is C22H26N2O4. The van der Waals surface area contributed by atoms with Crippen LogP contribution in [0.5, 0.6) is 5.75 Å². The van der Waals surface area contributed by atoms with E-state index < -0.39 is 0 Å². The number of likely N-dealkylation sites (tertiary alicyclic amines) is 2. The Hall–Kier alpha value is -2.76. The summed E-state index contributed by atoms with van der Waals surface area (Å²) in [7, 11) is 1.62. The summed E-state index contributed by atoms with van der Waals surface area (Å²) in [6.45, 7) is 2.85. The number of amides is 2. The van der Waals surface area contributed by atoms with Crippen LogP contribution in [-0.4, -0.2) is 54.9 Å². The first-order chi connectivity index (χ1) is 13.7. The minimum absolute atomic E-state index is 0.0909. The van der Waals surface area contributed by atoms with E-state index in [9.17, 15) is 9.59 Å². The molecule has 0 N–H and O–H groups in total. The number of hydrogen-bond acceptors (Lipinski definition) is 4. The van der Waals surface area contributed by atoms with Crippen LogP contribution >= 0.6 is 0 Å². The zero-order valence-corrected chi connectivity index (χ0v) is 16.2. The smallest absolute Gasteiger partial charge is 0.289 e. The maximum absolute atomic E-state index is 12.9. The first kappa shape index (κ1) is 18.6. The third-order valence-electron chi connectivity index (χ3n) is 5.67. The molecular weight excluding hydrogens is 356 g/mol. The van der Waals surface area contributed by atoms with Gasteiger partial charge in [-0.3, -0.25) is 9.59 Å². The van der Waals surface area contributed by atoms with Gasteiger partial charge in [0.15, 0.2) is 5.76 Å². The molecule has 148 valence electrons. The molecule has 3 heterocycles. The third kappa shape index (κ3) is 3.77. The van der Waals surface area contributed by atoms with Gasteiger partial charge in [0.05, 0.1) is 13.0 Å². The maximum Gasteiger partial charge on any atom is 0.289 e. The van der Waals surface area contributed by atoms with Crippen LogP contribution in [0.2, 0.25) is 0 Å². The number of hydrogen-bond donors (Lipinski definition) is 0. The molecule has 2 aliphatic rings. The lowest BCUT2D eigenvalue weighted by atomic mass is 9.96. The molecule has 0 unspecified atom stereocenters. The van der Waals surface area contributed by atoms with Gasteiger partial charge in [0, 0.05) is 31.7 Å². The van der Waals surface area contributed by atoms with E-state index in [0.717, 1.165) is 50.1 Å². The molecule has 2 fully saturated rings. The molecule has 0 spiro atoms. The van der Waals surface area contributed by atoms with Gasteiger partial charge < -0.3 is 19.0 Å². The Morgan fingerprint density at radius 3 is 2.39 bits per heavy atom. The molecule has 0 bridgehead atoms. The van der Waals surface area contributed by atoms with E-state index in [1.54, 1.807) is 18.1 Å². The van der Waals surface area contributed by atoms with Crippen molar-refractivity contribution in [3.8, 4) is 17.1 Å². The lowest BCUT2D eigenvalue weighted by Crippen LogP contribution is -2.46. The van der Waals surface area contributed by atoms with Crippen LogP contribution in [0.3, 0.4) is 0 Å². The van der Waals surface area contributed by atoms with Gasteiger partial charge in [-0.25, -0.2) is 0 Å². The van der Waals surface area contributed by atoms with E-state index in [1.165, 1.54) is 0 Å². The van der Waals surface area contributed by atoms with Gasteiger partial charge in [-0.2, -0.15) is 0 Å². The van der Waals surface area contributed by atoms with Gasteiger partial charge in [-0.15, -0.1) is 0 Å². The van der Waals surface area contributed by atoms with Crippen LogP contribution in [0, 0.1) is 5.92 Å². The summed E-state index contributed by atoms with van der Waals surface area (Å²) in [6.07, 6.45) is 3.87. The third-order valence-corrected chi connectivity index (χ3v) is 5.67. The van der Waals surface area contributed by atoms with E-state index in [-0.39, 0.29) is 17.7 Å². The Labute approximate surface area is 165 Å². The summed E-state index contributed by atoms with van der Waals surface area (Å²) >= 11 is 0. The number of carbonyl (C=O) groups is 2. The molecule has 2 aromatic rings. The Bertz CT molecular complexity index is 836. The quantitative estimate of drug-likeness (QED) is 0.813. The van der Waals surface area contributed by atoms with Crippen molar-refractivity contribution in [1.29, 1.82) is 0 Å². The minimum Gasteiger partial charge on any atom is -0.497 e. The van der Waals surface area contributed by atoms with Crippen molar-refractivity contribution in [3.05, 3.63) is 42.2 Å². The zero-order chi connectivity index (χ0) is 19.5. The molecule has 2 amide bonds. The fourth-order valence-electron chi connectivity index (χ4n) is 4.08. The second kappa shape index (κ2) is 8.09. The SMILES string of the molecule is COc1ccc(-c2ccc(C(=O)N3CCC[C@@H](C(=O)N4CCCC4)C3)o2)cc1. The highest BCUT2D eigenvalue weighted by Gasteiger charge is 2.33. The second-order valence-electron chi connectivity index (χ2n) is 7.52. The van der Waals surface area contributed by atoms with Gasteiger partial charge in [-0.05, 0) is 62.1 Å². The predicted molar refractivity (Wildman–Crippen MR) is 105 cm³/mol. The van der Waals surface area contributed by atoms with Gasteiger partial charge in [0.25, 0.3) is 5.91 Å². The number of benzene rings is 1. The average Bonchev–Trinajstić information content (AvgIpc) is 3.45. The standard InChI is InChI=1S/C22H26N2O4/c1-27-18-8-6-16(7-9-18)19-10-11-20(28-19)22(26)24-14-4-5-17(15-24)21(25)23-12-2-3-13-23/h6-11,17H,2-5,12-15H2,1H3/t17-/m1/s1. The van der Waals surface area contributed by atoms with Crippen molar-refractivity contribution in [3.63, 3.8) is 0 Å². The van der Waals surface area contributed by atoms with Gasteiger partial charge in [-0.1, -0.05) is 0 Å². The minimum atomic E-state index is -0.140. The molecule has 2 aliphatic heterocycles. The fraction of sp³-hybridized carbons (Fsp3) is 0.455. The van der Waals surface area contributed by atoms with Crippen LogP contribution < -0.4 is 4.74 Å². The molecule has 1 atom stereocenters. The molecule has 28 heavy (non-hydrogen) atoms. The number of carbonyl (C=O) groups excluding carboxylic acids is 2. The number of piperidine rings is 1. The van der Waals surface area contributed by atoms with Crippen molar-refractivity contribution < 1.29 is 18.7 Å². The van der Waals surface area contributed by atoms with Crippen molar-refractivity contribution in [2.75, 3.05) is 33.3 Å². The lowest BCUT2D eigenvalue weighted by molar-refractivity contribution is -0.135. The zero-order valence-electron chi connectivity index (χ0n) is 16.2. The first-order valence-electron chi connectivity index (χ1n) is 9.98. The van der Waals surface area contributed by atoms with E-state index in [1.807, 2.05) is 35.2 Å². The van der Waals surface area contributed by atoms with E-state index in [2.05, 4.69) is 0 Å². The molecule has 4 rings (SSSR count). The van der Waals surface area contributed by atoms with Crippen LogP contribution in [-0.2, 0) is 4.79 Å². The summed E-state index contributed by atoms with van der Waals surface area (Å²) in [5.74, 6) is 1.71. The van der Waals surface area contributed by atoms with Gasteiger partial charge >= 0.3 is 0 Å². The van der Waals surface area contributed by atoms with E-state index in [4.69, 9.17) is 9.15 Å². The summed E-state index contributed by atoms with van der Waals surface area (Å²) in [5, 5.41) is 0. The van der Waals surface area contributed by atoms with Gasteiger partial charge in [0.1, 0.15) is 11.5 Å². The Balaban J connectivity index is 1.43. The Morgan fingerprint density at radius 2 is 1.68 bits per heavy atom. The molecule has 0 radical (unpaired) electrons. The summed E-state index contributed by atoms with van der Waals surface area (Å²) in [4.78, 5) is 29.3. The number of nitrogens with zero attached hydrogens (tertiary/aromatic N) is 2. The average molecular weight is 382 g/mol. The Kier molecular flexibility index (Phi) is 5.37. The maximum atomic E-state index is 12.9. The Morgan fingerprint density at radius 1 is 0.964 bits per heavy atom. The topological polar surface area (TPSA) is 63.0 Å².